The third-order valence-corrected chi connectivity index (χ3v) is 5.75. The van der Waals surface area contributed by atoms with Crippen molar-refractivity contribution < 1.29 is 9.72 Å². The number of carbonyl (C=O) groups is 1. The quantitative estimate of drug-likeness (QED) is 0.446. The zero-order valence-corrected chi connectivity index (χ0v) is 16.3. The molecule has 1 saturated heterocycles. The van der Waals surface area contributed by atoms with Crippen LogP contribution in [0.2, 0.25) is 0 Å². The van der Waals surface area contributed by atoms with E-state index in [1.54, 1.807) is 12.1 Å². The molecule has 2 aromatic rings. The van der Waals surface area contributed by atoms with Gasteiger partial charge in [0.15, 0.2) is 0 Å². The lowest BCUT2D eigenvalue weighted by atomic mass is 10.1. The fourth-order valence-corrected chi connectivity index (χ4v) is 4.06. The number of hydrogen-bond donors (Lipinski definition) is 1. The molecule has 1 fully saturated rings. The monoisotopic (exact) mass is 385 g/mol. The summed E-state index contributed by atoms with van der Waals surface area (Å²) in [6.45, 7) is 6.08. The molecule has 1 heterocycles. The van der Waals surface area contributed by atoms with Gasteiger partial charge in [0.1, 0.15) is 0 Å². The number of hydrogen-bond acceptors (Lipinski definition) is 5. The summed E-state index contributed by atoms with van der Waals surface area (Å²) in [6, 6.07) is 12.3. The fourth-order valence-electron chi connectivity index (χ4n) is 3.19. The molecule has 3 rings (SSSR count). The molecule has 0 aliphatic carbocycles. The molecule has 0 bridgehead atoms. The lowest BCUT2D eigenvalue weighted by molar-refractivity contribution is -0.384. The first-order valence-electron chi connectivity index (χ1n) is 9.01. The van der Waals surface area contributed by atoms with Crippen molar-refractivity contribution in [1.29, 1.82) is 0 Å². The standard InChI is InChI=1S/C20H23N3O3S/c1-14-13-16(5-10-19(14)22-11-3-4-12-22)21-20(24)15(2)27-18-8-6-17(7-9-18)23(25)26/h5-10,13,15H,3-4,11-12H2,1-2H3,(H,21,24). The van der Waals surface area contributed by atoms with Gasteiger partial charge in [0.25, 0.3) is 5.69 Å². The Hall–Kier alpha value is -2.54. The van der Waals surface area contributed by atoms with Gasteiger partial charge in [-0.2, -0.15) is 0 Å². The topological polar surface area (TPSA) is 75.5 Å². The molecule has 27 heavy (non-hydrogen) atoms. The molecule has 1 aliphatic heterocycles. The third-order valence-electron chi connectivity index (χ3n) is 4.64. The lowest BCUT2D eigenvalue weighted by Crippen LogP contribution is -2.23. The van der Waals surface area contributed by atoms with Crippen molar-refractivity contribution in [3.63, 3.8) is 0 Å². The lowest BCUT2D eigenvalue weighted by Gasteiger charge is -2.21. The molecule has 1 unspecified atom stereocenters. The van der Waals surface area contributed by atoms with E-state index in [1.807, 2.05) is 19.1 Å². The second kappa shape index (κ2) is 8.43. The van der Waals surface area contributed by atoms with Gasteiger partial charge in [-0.15, -0.1) is 11.8 Å². The summed E-state index contributed by atoms with van der Waals surface area (Å²) in [6.07, 6.45) is 2.46. The Bertz CT molecular complexity index is 833. The SMILES string of the molecule is Cc1cc(NC(=O)C(C)Sc2ccc([N+](=O)[O-])cc2)ccc1N1CCCC1. The molecule has 0 spiro atoms. The van der Waals surface area contributed by atoms with E-state index in [9.17, 15) is 14.9 Å². The Morgan fingerprint density at radius 1 is 1.19 bits per heavy atom. The van der Waals surface area contributed by atoms with Gasteiger partial charge in [-0.3, -0.25) is 14.9 Å². The molecular formula is C20H23N3O3S. The Kier molecular flexibility index (Phi) is 6.01. The minimum atomic E-state index is -0.432. The van der Waals surface area contributed by atoms with Crippen LogP contribution in [0.4, 0.5) is 17.1 Å². The molecule has 2 aromatic carbocycles. The molecular weight excluding hydrogens is 362 g/mol. The van der Waals surface area contributed by atoms with Crippen LogP contribution in [0.3, 0.4) is 0 Å². The summed E-state index contributed by atoms with van der Waals surface area (Å²) < 4.78 is 0. The van der Waals surface area contributed by atoms with Crippen molar-refractivity contribution in [2.75, 3.05) is 23.3 Å². The number of anilines is 2. The maximum absolute atomic E-state index is 12.5. The van der Waals surface area contributed by atoms with Crippen LogP contribution >= 0.6 is 11.8 Å². The molecule has 1 N–H and O–H groups in total. The highest BCUT2D eigenvalue weighted by atomic mass is 32.2. The van der Waals surface area contributed by atoms with Crippen LogP contribution in [-0.2, 0) is 4.79 Å². The van der Waals surface area contributed by atoms with E-state index in [0.717, 1.165) is 29.2 Å². The number of non-ortho nitro benzene ring substituents is 1. The Morgan fingerprint density at radius 3 is 2.44 bits per heavy atom. The predicted octanol–water partition coefficient (Wildman–Crippen LogP) is 4.62. The molecule has 6 nitrogen and oxygen atoms in total. The average Bonchev–Trinajstić information content (AvgIpc) is 3.16. The largest absolute Gasteiger partial charge is 0.371 e. The first-order valence-corrected chi connectivity index (χ1v) is 9.89. The van der Waals surface area contributed by atoms with E-state index in [2.05, 4.69) is 23.2 Å². The minimum absolute atomic E-state index is 0.0463. The van der Waals surface area contributed by atoms with E-state index < -0.39 is 4.92 Å². The summed E-state index contributed by atoms with van der Waals surface area (Å²) in [7, 11) is 0. The van der Waals surface area contributed by atoms with Crippen LogP contribution in [0.5, 0.6) is 0 Å². The highest BCUT2D eigenvalue weighted by molar-refractivity contribution is 8.00. The number of benzene rings is 2. The van der Waals surface area contributed by atoms with Crippen LogP contribution in [0.15, 0.2) is 47.4 Å². The molecule has 0 aromatic heterocycles. The Morgan fingerprint density at radius 2 is 1.85 bits per heavy atom. The smallest absolute Gasteiger partial charge is 0.269 e. The van der Waals surface area contributed by atoms with E-state index in [4.69, 9.17) is 0 Å². The number of amides is 1. The van der Waals surface area contributed by atoms with Gasteiger partial charge in [0.05, 0.1) is 10.2 Å². The second-order valence-corrected chi connectivity index (χ2v) is 8.11. The minimum Gasteiger partial charge on any atom is -0.371 e. The van der Waals surface area contributed by atoms with Crippen molar-refractivity contribution in [3.8, 4) is 0 Å². The number of rotatable bonds is 6. The van der Waals surface area contributed by atoms with Crippen LogP contribution in [0.1, 0.15) is 25.3 Å². The zero-order valence-electron chi connectivity index (χ0n) is 15.5. The normalized spacial score (nSPS) is 14.8. The maximum Gasteiger partial charge on any atom is 0.269 e. The van der Waals surface area contributed by atoms with Gasteiger partial charge in [-0.25, -0.2) is 0 Å². The van der Waals surface area contributed by atoms with Crippen LogP contribution in [0.25, 0.3) is 0 Å². The van der Waals surface area contributed by atoms with Gasteiger partial charge in [0.2, 0.25) is 5.91 Å². The van der Waals surface area contributed by atoms with Crippen LogP contribution in [-0.4, -0.2) is 29.2 Å². The van der Waals surface area contributed by atoms with Gasteiger partial charge < -0.3 is 10.2 Å². The maximum atomic E-state index is 12.5. The first-order chi connectivity index (χ1) is 12.9. The summed E-state index contributed by atoms with van der Waals surface area (Å²) in [5, 5.41) is 13.4. The summed E-state index contributed by atoms with van der Waals surface area (Å²) in [5.41, 5.74) is 3.23. The number of aryl methyl sites for hydroxylation is 1. The molecule has 142 valence electrons. The van der Waals surface area contributed by atoms with E-state index in [1.165, 1.54) is 42.4 Å². The van der Waals surface area contributed by atoms with E-state index >= 15 is 0 Å². The van der Waals surface area contributed by atoms with E-state index in [-0.39, 0.29) is 16.8 Å². The predicted molar refractivity (Wildman–Crippen MR) is 110 cm³/mol. The van der Waals surface area contributed by atoms with Crippen molar-refractivity contribution in [1.82, 2.24) is 0 Å². The molecule has 0 saturated carbocycles. The summed E-state index contributed by atoms with van der Waals surface area (Å²) >= 11 is 1.38. The van der Waals surface area contributed by atoms with Gasteiger partial charge in [-0.05, 0) is 62.6 Å². The Balaban J connectivity index is 1.60. The zero-order chi connectivity index (χ0) is 19.4. The van der Waals surface area contributed by atoms with Crippen molar-refractivity contribution in [2.45, 2.75) is 36.8 Å². The summed E-state index contributed by atoms with van der Waals surface area (Å²) in [5.74, 6) is -0.0910. The highest BCUT2D eigenvalue weighted by Gasteiger charge is 2.17. The van der Waals surface area contributed by atoms with Gasteiger partial charge in [0, 0.05) is 41.5 Å². The molecule has 1 atom stereocenters. The second-order valence-electron chi connectivity index (χ2n) is 6.70. The molecule has 1 amide bonds. The van der Waals surface area contributed by atoms with Crippen molar-refractivity contribution in [3.05, 3.63) is 58.1 Å². The third kappa shape index (κ3) is 4.80. The van der Waals surface area contributed by atoms with Crippen LogP contribution < -0.4 is 10.2 Å². The number of nitrogens with zero attached hydrogens (tertiary/aromatic N) is 2. The number of thioether (sulfide) groups is 1. The number of nitro groups is 1. The van der Waals surface area contributed by atoms with Crippen LogP contribution in [0, 0.1) is 17.0 Å². The van der Waals surface area contributed by atoms with Crippen molar-refractivity contribution >= 4 is 34.7 Å². The van der Waals surface area contributed by atoms with Crippen molar-refractivity contribution in [2.24, 2.45) is 0 Å². The van der Waals surface area contributed by atoms with Gasteiger partial charge in [-0.1, -0.05) is 0 Å². The molecule has 0 radical (unpaired) electrons. The number of nitro benzene ring substituents is 1. The van der Waals surface area contributed by atoms with E-state index in [0.29, 0.717) is 0 Å². The molecule has 7 heteroatoms. The first kappa shape index (κ1) is 19.2. The number of nitrogens with one attached hydrogen (secondary N) is 1. The van der Waals surface area contributed by atoms with Gasteiger partial charge >= 0.3 is 0 Å². The molecule has 1 aliphatic rings. The average molecular weight is 385 g/mol. The fraction of sp³-hybridized carbons (Fsp3) is 0.350. The highest BCUT2D eigenvalue weighted by Crippen LogP contribution is 2.29. The number of carbonyl (C=O) groups excluding carboxylic acids is 1. The summed E-state index contributed by atoms with van der Waals surface area (Å²) in [4.78, 5) is 26.0. The Labute approximate surface area is 163 Å².